The second kappa shape index (κ2) is 10.3. The van der Waals surface area contributed by atoms with Crippen LogP contribution in [0.2, 0.25) is 0 Å². The van der Waals surface area contributed by atoms with Crippen molar-refractivity contribution in [2.75, 3.05) is 11.1 Å². The molecule has 10 nitrogen and oxygen atoms in total. The second-order valence-electron chi connectivity index (χ2n) is 7.94. The maximum absolute atomic E-state index is 13.1. The van der Waals surface area contributed by atoms with E-state index in [0.29, 0.717) is 23.3 Å². The Morgan fingerprint density at radius 3 is 2.71 bits per heavy atom. The molecular weight excluding hydrogens is 486 g/mol. The van der Waals surface area contributed by atoms with E-state index < -0.39 is 0 Å². The van der Waals surface area contributed by atoms with E-state index in [-0.39, 0.29) is 46.0 Å². The van der Waals surface area contributed by atoms with Gasteiger partial charge in [-0.15, -0.1) is 11.3 Å². The fraction of sp³-hybridized carbons (Fsp3) is 0.261. The first kappa shape index (κ1) is 23.1. The maximum Gasteiger partial charge on any atom is 0.282 e. The van der Waals surface area contributed by atoms with Crippen LogP contribution in [-0.2, 0) is 17.8 Å². The van der Waals surface area contributed by atoms with Crippen molar-refractivity contribution < 1.29 is 9.59 Å². The van der Waals surface area contributed by atoms with Crippen molar-refractivity contribution >= 4 is 51.2 Å². The van der Waals surface area contributed by atoms with Crippen LogP contribution >= 0.6 is 23.1 Å². The number of amides is 2. The fourth-order valence-electron chi connectivity index (χ4n) is 3.33. The van der Waals surface area contributed by atoms with Gasteiger partial charge < -0.3 is 10.6 Å². The average molecular weight is 508 g/mol. The lowest BCUT2D eigenvalue weighted by Crippen LogP contribution is -2.26. The molecule has 12 heteroatoms. The largest absolute Gasteiger partial charge is 0.348 e. The average Bonchev–Trinajstić information content (AvgIpc) is 3.57. The van der Waals surface area contributed by atoms with Crippen LogP contribution in [0.4, 0.5) is 5.13 Å². The number of aryl methyl sites for hydroxylation is 1. The molecule has 1 fully saturated rings. The van der Waals surface area contributed by atoms with Crippen LogP contribution in [0.5, 0.6) is 0 Å². The maximum atomic E-state index is 13.1. The predicted octanol–water partition coefficient (Wildman–Crippen LogP) is 2.51. The van der Waals surface area contributed by atoms with Crippen molar-refractivity contribution in [2.24, 2.45) is 0 Å². The summed E-state index contributed by atoms with van der Waals surface area (Å²) in [6.45, 7) is 0.387. The summed E-state index contributed by atoms with van der Waals surface area (Å²) in [7, 11) is 0. The number of fused-ring (bicyclic) bond motifs is 1. The summed E-state index contributed by atoms with van der Waals surface area (Å²) in [5, 5.41) is 7.93. The smallest absolute Gasteiger partial charge is 0.282 e. The Morgan fingerprint density at radius 2 is 1.91 bits per heavy atom. The number of hydrogen-bond acceptors (Lipinski definition) is 9. The van der Waals surface area contributed by atoms with E-state index in [1.165, 1.54) is 28.3 Å². The molecule has 0 aliphatic heterocycles. The van der Waals surface area contributed by atoms with E-state index in [1.807, 2.05) is 30.3 Å². The number of thioether (sulfide) groups is 1. The Labute approximate surface area is 208 Å². The molecule has 2 amide bonds. The third kappa shape index (κ3) is 5.72. The highest BCUT2D eigenvalue weighted by Crippen LogP contribution is 2.22. The van der Waals surface area contributed by atoms with Crippen molar-refractivity contribution in [3.05, 3.63) is 69.7 Å². The van der Waals surface area contributed by atoms with Crippen LogP contribution in [0.1, 0.15) is 28.9 Å². The van der Waals surface area contributed by atoms with E-state index in [1.54, 1.807) is 5.38 Å². The Hall–Kier alpha value is -3.64. The number of benzene rings is 1. The number of carbonyl (C=O) groups is 2. The van der Waals surface area contributed by atoms with Gasteiger partial charge in [0.2, 0.25) is 5.91 Å². The van der Waals surface area contributed by atoms with Gasteiger partial charge in [0.05, 0.1) is 5.75 Å². The number of carbonyl (C=O) groups excluding carboxylic acids is 2. The number of nitrogens with zero attached hydrogens (tertiary/aromatic N) is 5. The summed E-state index contributed by atoms with van der Waals surface area (Å²) in [6.07, 6.45) is 5.53. The minimum atomic E-state index is -0.318. The van der Waals surface area contributed by atoms with Gasteiger partial charge in [-0.1, -0.05) is 42.1 Å². The SMILES string of the molecule is O=C(CSc1nc2nccnc2c(=O)n1CCc1ccccc1)Nc1nc(C(=O)NC2CC2)cs1. The molecule has 0 saturated heterocycles. The number of anilines is 1. The number of hydrogen-bond donors (Lipinski definition) is 2. The van der Waals surface area contributed by atoms with E-state index in [4.69, 9.17) is 0 Å². The van der Waals surface area contributed by atoms with Crippen molar-refractivity contribution in [1.29, 1.82) is 0 Å². The van der Waals surface area contributed by atoms with Crippen LogP contribution in [-0.4, -0.2) is 48.1 Å². The zero-order valence-corrected chi connectivity index (χ0v) is 20.1. The van der Waals surface area contributed by atoms with Crippen LogP contribution in [0.25, 0.3) is 11.2 Å². The number of nitrogens with one attached hydrogen (secondary N) is 2. The molecule has 4 aromatic rings. The van der Waals surface area contributed by atoms with E-state index in [9.17, 15) is 14.4 Å². The minimum Gasteiger partial charge on any atom is -0.348 e. The highest BCUT2D eigenvalue weighted by atomic mass is 32.2. The highest BCUT2D eigenvalue weighted by Gasteiger charge is 2.25. The van der Waals surface area contributed by atoms with Crippen LogP contribution in [0, 0.1) is 0 Å². The molecule has 3 aromatic heterocycles. The molecule has 2 N–H and O–H groups in total. The third-order valence-electron chi connectivity index (χ3n) is 5.25. The van der Waals surface area contributed by atoms with Crippen LogP contribution < -0.4 is 16.2 Å². The topological polar surface area (TPSA) is 132 Å². The zero-order valence-electron chi connectivity index (χ0n) is 18.5. The Bertz CT molecular complexity index is 1430. The van der Waals surface area contributed by atoms with Crippen molar-refractivity contribution in [3.8, 4) is 0 Å². The monoisotopic (exact) mass is 507 g/mol. The predicted molar refractivity (Wildman–Crippen MR) is 134 cm³/mol. The highest BCUT2D eigenvalue weighted by molar-refractivity contribution is 7.99. The zero-order chi connectivity index (χ0) is 24.2. The second-order valence-corrected chi connectivity index (χ2v) is 9.74. The van der Waals surface area contributed by atoms with E-state index in [0.717, 1.165) is 30.2 Å². The molecule has 1 saturated carbocycles. The number of aromatic nitrogens is 5. The molecule has 0 bridgehead atoms. The Kier molecular flexibility index (Phi) is 6.82. The van der Waals surface area contributed by atoms with Crippen molar-refractivity contribution in [2.45, 2.75) is 37.0 Å². The minimum absolute atomic E-state index is 0.00668. The molecule has 0 atom stereocenters. The van der Waals surface area contributed by atoms with Crippen LogP contribution in [0.15, 0.2) is 58.1 Å². The van der Waals surface area contributed by atoms with Gasteiger partial charge in [0.25, 0.3) is 11.5 Å². The first-order valence-corrected chi connectivity index (χ1v) is 12.9. The van der Waals surface area contributed by atoms with Crippen molar-refractivity contribution in [1.82, 2.24) is 29.8 Å². The van der Waals surface area contributed by atoms with Crippen molar-refractivity contribution in [3.63, 3.8) is 0 Å². The normalized spacial score (nSPS) is 13.0. The first-order chi connectivity index (χ1) is 17.1. The number of thiazole rings is 1. The molecule has 5 rings (SSSR count). The van der Waals surface area contributed by atoms with Gasteiger partial charge in [0.1, 0.15) is 5.69 Å². The van der Waals surface area contributed by atoms with E-state index >= 15 is 0 Å². The summed E-state index contributed by atoms with van der Waals surface area (Å²) in [6, 6.07) is 10.0. The summed E-state index contributed by atoms with van der Waals surface area (Å²) in [4.78, 5) is 54.8. The van der Waals surface area contributed by atoms with Gasteiger partial charge in [0.15, 0.2) is 21.5 Å². The molecule has 35 heavy (non-hydrogen) atoms. The Morgan fingerprint density at radius 1 is 1.11 bits per heavy atom. The molecule has 1 aliphatic rings. The third-order valence-corrected chi connectivity index (χ3v) is 6.99. The fourth-order valence-corrected chi connectivity index (χ4v) is 4.85. The van der Waals surface area contributed by atoms with E-state index in [2.05, 4.69) is 30.6 Å². The quantitative estimate of drug-likeness (QED) is 0.261. The summed E-state index contributed by atoms with van der Waals surface area (Å²) in [5.41, 5.74) is 1.50. The lowest BCUT2D eigenvalue weighted by molar-refractivity contribution is -0.113. The first-order valence-electron chi connectivity index (χ1n) is 11.0. The molecular formula is C23H21N7O3S2. The van der Waals surface area contributed by atoms with Gasteiger partial charge in [0, 0.05) is 30.4 Å². The lowest BCUT2D eigenvalue weighted by Gasteiger charge is -2.12. The summed E-state index contributed by atoms with van der Waals surface area (Å²) in [5.74, 6) is -0.545. The summed E-state index contributed by atoms with van der Waals surface area (Å²) < 4.78 is 1.53. The van der Waals surface area contributed by atoms with Gasteiger partial charge in [-0.25, -0.2) is 19.9 Å². The summed E-state index contributed by atoms with van der Waals surface area (Å²) >= 11 is 2.32. The molecule has 0 radical (unpaired) electrons. The molecule has 0 spiro atoms. The lowest BCUT2D eigenvalue weighted by atomic mass is 10.1. The standard InChI is InChI=1S/C23H21N7O3S2/c31-17(28-22-27-16(12-34-22)20(32)26-15-6-7-15)13-35-23-29-19-18(24-9-10-25-19)21(33)30(23)11-8-14-4-2-1-3-5-14/h1-5,9-10,12,15H,6-8,11,13H2,(H,26,32)(H,27,28,31). The van der Waals surface area contributed by atoms with Gasteiger partial charge >= 0.3 is 0 Å². The molecule has 1 aliphatic carbocycles. The van der Waals surface area contributed by atoms with Gasteiger partial charge in [-0.05, 0) is 24.8 Å². The molecule has 178 valence electrons. The van der Waals surface area contributed by atoms with Gasteiger partial charge in [-0.3, -0.25) is 19.0 Å². The molecule has 3 heterocycles. The molecule has 1 aromatic carbocycles. The Balaban J connectivity index is 1.28. The van der Waals surface area contributed by atoms with Gasteiger partial charge in [-0.2, -0.15) is 0 Å². The molecule has 0 unspecified atom stereocenters. The van der Waals surface area contributed by atoms with Crippen LogP contribution in [0.3, 0.4) is 0 Å². The number of rotatable bonds is 9.